The molecule has 1 aromatic carbocycles. The Morgan fingerprint density at radius 3 is 2.59 bits per heavy atom. The third kappa shape index (κ3) is 3.13. The lowest BCUT2D eigenvalue weighted by molar-refractivity contribution is -0.134. The number of aryl methyl sites for hydroxylation is 1. The van der Waals surface area contributed by atoms with Crippen LogP contribution in [-0.2, 0) is 4.79 Å². The van der Waals surface area contributed by atoms with E-state index >= 15 is 0 Å². The molecular weight excluding hydrogens is 274 g/mol. The second kappa shape index (κ2) is 5.29. The van der Waals surface area contributed by atoms with E-state index in [0.717, 1.165) is 25.1 Å². The van der Waals surface area contributed by atoms with Gasteiger partial charge in [-0.3, -0.25) is 4.79 Å². The molecule has 2 fully saturated rings. The molecule has 120 valence electrons. The fourth-order valence-corrected chi connectivity index (χ4v) is 4.61. The Balaban J connectivity index is 1.62. The molecule has 1 saturated carbocycles. The molecule has 1 aromatic rings. The first kappa shape index (κ1) is 15.4. The zero-order valence-corrected chi connectivity index (χ0v) is 14.2. The Morgan fingerprint density at radius 1 is 1.23 bits per heavy atom. The van der Waals surface area contributed by atoms with Crippen molar-refractivity contribution in [2.24, 2.45) is 10.8 Å². The molecule has 22 heavy (non-hydrogen) atoms. The van der Waals surface area contributed by atoms with Gasteiger partial charge >= 0.3 is 0 Å². The third-order valence-corrected chi connectivity index (χ3v) is 5.12. The average Bonchev–Trinajstić information content (AvgIpc) is 2.67. The highest BCUT2D eigenvalue weighted by Gasteiger charge is 2.50. The molecular formula is C19H27NO2. The second-order valence-corrected chi connectivity index (χ2v) is 8.34. The first-order valence-electron chi connectivity index (χ1n) is 8.25. The molecule has 0 aromatic heterocycles. The summed E-state index contributed by atoms with van der Waals surface area (Å²) >= 11 is 0. The van der Waals surface area contributed by atoms with Crippen LogP contribution in [0.2, 0.25) is 0 Å². The Kier molecular flexibility index (Phi) is 3.70. The summed E-state index contributed by atoms with van der Waals surface area (Å²) in [5.41, 5.74) is 1.82. The topological polar surface area (TPSA) is 29.5 Å². The predicted molar refractivity (Wildman–Crippen MR) is 87.9 cm³/mol. The number of hydrogen-bond acceptors (Lipinski definition) is 2. The maximum atomic E-state index is 12.6. The molecule has 0 radical (unpaired) electrons. The third-order valence-electron chi connectivity index (χ3n) is 5.12. The number of amides is 1. The van der Waals surface area contributed by atoms with Gasteiger partial charge in [0.05, 0.1) is 0 Å². The first-order valence-corrected chi connectivity index (χ1v) is 8.25. The summed E-state index contributed by atoms with van der Waals surface area (Å²) in [6, 6.07) is 8.26. The number of benzene rings is 1. The molecule has 0 unspecified atom stereocenters. The minimum absolute atomic E-state index is 0.131. The second-order valence-electron chi connectivity index (χ2n) is 8.34. The van der Waals surface area contributed by atoms with E-state index in [2.05, 4.69) is 25.7 Å². The zero-order chi connectivity index (χ0) is 16.0. The van der Waals surface area contributed by atoms with Crippen molar-refractivity contribution in [2.75, 3.05) is 13.2 Å². The number of fused-ring (bicyclic) bond motifs is 2. The van der Waals surface area contributed by atoms with Gasteiger partial charge in [0.25, 0.3) is 5.91 Å². The van der Waals surface area contributed by atoms with Crippen molar-refractivity contribution in [1.29, 1.82) is 0 Å². The molecule has 1 aliphatic heterocycles. The zero-order valence-electron chi connectivity index (χ0n) is 14.2. The van der Waals surface area contributed by atoms with Gasteiger partial charge in [-0.15, -0.1) is 0 Å². The van der Waals surface area contributed by atoms with Crippen LogP contribution in [0.1, 0.15) is 45.6 Å². The van der Waals surface area contributed by atoms with E-state index in [1.54, 1.807) is 0 Å². The highest BCUT2D eigenvalue weighted by atomic mass is 16.5. The minimum atomic E-state index is 0.131. The standard InChI is InChI=1S/C19H27NO2/c1-14-5-7-16(8-6-14)22-11-17(21)20-13-19(4)10-15(20)9-18(2,3)12-19/h5-8,15H,9-13H2,1-4H3/t15-,19+/m1/s1. The van der Waals surface area contributed by atoms with Crippen molar-refractivity contribution in [2.45, 2.75) is 53.0 Å². The van der Waals surface area contributed by atoms with Crippen LogP contribution >= 0.6 is 0 Å². The maximum absolute atomic E-state index is 12.6. The van der Waals surface area contributed by atoms with Crippen LogP contribution in [0.15, 0.2) is 24.3 Å². The van der Waals surface area contributed by atoms with Crippen LogP contribution in [0.5, 0.6) is 5.75 Å². The summed E-state index contributed by atoms with van der Waals surface area (Å²) in [5, 5.41) is 0. The number of hydrogen-bond donors (Lipinski definition) is 0. The quantitative estimate of drug-likeness (QED) is 0.850. The number of carbonyl (C=O) groups excluding carboxylic acids is 1. The molecule has 1 aliphatic carbocycles. The molecule has 3 nitrogen and oxygen atoms in total. The summed E-state index contributed by atoms with van der Waals surface area (Å²) in [4.78, 5) is 14.7. The van der Waals surface area contributed by atoms with Crippen LogP contribution in [-0.4, -0.2) is 30.0 Å². The van der Waals surface area contributed by atoms with Crippen LogP contribution in [0.25, 0.3) is 0 Å². The summed E-state index contributed by atoms with van der Waals surface area (Å²) in [6.07, 6.45) is 3.46. The molecule has 2 atom stereocenters. The molecule has 2 aliphatic rings. The van der Waals surface area contributed by atoms with E-state index in [0.29, 0.717) is 11.5 Å². The smallest absolute Gasteiger partial charge is 0.260 e. The lowest BCUT2D eigenvalue weighted by atomic mass is 9.65. The van der Waals surface area contributed by atoms with Crippen LogP contribution in [0.3, 0.4) is 0 Å². The Bertz CT molecular complexity index is 563. The maximum Gasteiger partial charge on any atom is 0.260 e. The molecule has 1 amide bonds. The molecule has 1 saturated heterocycles. The molecule has 0 N–H and O–H groups in total. The highest BCUT2D eigenvalue weighted by molar-refractivity contribution is 5.78. The van der Waals surface area contributed by atoms with E-state index in [9.17, 15) is 4.79 Å². The lowest BCUT2D eigenvalue weighted by Crippen LogP contribution is -2.40. The molecule has 1 heterocycles. The predicted octanol–water partition coefficient (Wildman–Crippen LogP) is 3.80. The first-order chi connectivity index (χ1) is 10.3. The van der Waals surface area contributed by atoms with Crippen molar-refractivity contribution in [3.8, 4) is 5.75 Å². The van der Waals surface area contributed by atoms with Gasteiger partial charge < -0.3 is 9.64 Å². The largest absolute Gasteiger partial charge is 0.484 e. The Hall–Kier alpha value is -1.51. The minimum Gasteiger partial charge on any atom is -0.484 e. The van der Waals surface area contributed by atoms with E-state index in [-0.39, 0.29) is 17.9 Å². The number of carbonyl (C=O) groups is 1. The van der Waals surface area contributed by atoms with Gasteiger partial charge in [0.2, 0.25) is 0 Å². The number of nitrogens with zero attached hydrogens (tertiary/aromatic N) is 1. The SMILES string of the molecule is Cc1ccc(OCC(=O)N2C[C@@]3(C)C[C@H]2CC(C)(C)C3)cc1. The number of ether oxygens (including phenoxy) is 1. The van der Waals surface area contributed by atoms with Gasteiger partial charge in [-0.05, 0) is 49.1 Å². The summed E-state index contributed by atoms with van der Waals surface area (Å²) in [6.45, 7) is 10.1. The Morgan fingerprint density at radius 2 is 1.91 bits per heavy atom. The molecule has 2 bridgehead atoms. The molecule has 3 heteroatoms. The van der Waals surface area contributed by atoms with Crippen LogP contribution in [0.4, 0.5) is 0 Å². The fourth-order valence-electron chi connectivity index (χ4n) is 4.61. The number of rotatable bonds is 3. The summed E-state index contributed by atoms with van der Waals surface area (Å²) < 4.78 is 5.68. The number of likely N-dealkylation sites (tertiary alicyclic amines) is 1. The lowest BCUT2D eigenvalue weighted by Gasteiger charge is -2.39. The summed E-state index contributed by atoms with van der Waals surface area (Å²) in [7, 11) is 0. The van der Waals surface area contributed by atoms with Gasteiger partial charge in [-0.1, -0.05) is 38.5 Å². The van der Waals surface area contributed by atoms with E-state index < -0.39 is 0 Å². The Labute approximate surface area is 133 Å². The van der Waals surface area contributed by atoms with E-state index in [4.69, 9.17) is 4.74 Å². The van der Waals surface area contributed by atoms with Gasteiger partial charge in [-0.25, -0.2) is 0 Å². The van der Waals surface area contributed by atoms with Crippen LogP contribution in [0, 0.1) is 17.8 Å². The van der Waals surface area contributed by atoms with Gasteiger partial charge in [0.1, 0.15) is 5.75 Å². The van der Waals surface area contributed by atoms with Gasteiger partial charge in [0, 0.05) is 12.6 Å². The fraction of sp³-hybridized carbons (Fsp3) is 0.632. The average molecular weight is 301 g/mol. The molecule has 3 rings (SSSR count). The van der Waals surface area contributed by atoms with Crippen molar-refractivity contribution in [1.82, 2.24) is 4.90 Å². The monoisotopic (exact) mass is 301 g/mol. The van der Waals surface area contributed by atoms with Crippen molar-refractivity contribution < 1.29 is 9.53 Å². The van der Waals surface area contributed by atoms with Crippen LogP contribution < -0.4 is 4.74 Å². The van der Waals surface area contributed by atoms with Gasteiger partial charge in [0.15, 0.2) is 6.61 Å². The van der Waals surface area contributed by atoms with Crippen molar-refractivity contribution in [3.05, 3.63) is 29.8 Å². The highest BCUT2D eigenvalue weighted by Crippen LogP contribution is 2.52. The van der Waals surface area contributed by atoms with E-state index in [1.165, 1.54) is 12.0 Å². The van der Waals surface area contributed by atoms with Crippen molar-refractivity contribution in [3.63, 3.8) is 0 Å². The normalized spacial score (nSPS) is 29.5. The van der Waals surface area contributed by atoms with E-state index in [1.807, 2.05) is 31.2 Å². The summed E-state index contributed by atoms with van der Waals surface area (Å²) in [5.74, 6) is 0.902. The van der Waals surface area contributed by atoms with Gasteiger partial charge in [-0.2, -0.15) is 0 Å². The molecule has 0 spiro atoms. The van der Waals surface area contributed by atoms with Crippen molar-refractivity contribution >= 4 is 5.91 Å².